The molecule has 1 heteroatoms. The van der Waals surface area contributed by atoms with Gasteiger partial charge in [-0.1, -0.05) is 158 Å². The summed E-state index contributed by atoms with van der Waals surface area (Å²) < 4.78 is 4.45. The van der Waals surface area contributed by atoms with E-state index in [0.29, 0.717) is 22.9 Å². The maximum atomic E-state index is 4.76. The molecule has 0 saturated heterocycles. The molecular formula is C53H68O. The maximum Gasteiger partial charge on any atom is 0.107 e. The predicted octanol–water partition coefficient (Wildman–Crippen LogP) is 13.4. The molecule has 7 aliphatic rings. The van der Waals surface area contributed by atoms with Gasteiger partial charge in [-0.2, -0.15) is 0 Å². The van der Waals surface area contributed by atoms with Crippen molar-refractivity contribution in [2.45, 2.75) is 124 Å². The van der Waals surface area contributed by atoms with Crippen LogP contribution in [0.3, 0.4) is 0 Å². The van der Waals surface area contributed by atoms with Gasteiger partial charge < -0.3 is 4.74 Å². The fraction of sp³-hybridized carbons (Fsp3) is 0.509. The molecular weight excluding hydrogens is 653 g/mol. The number of benzene rings is 4. The van der Waals surface area contributed by atoms with Crippen molar-refractivity contribution >= 4 is 0 Å². The Morgan fingerprint density at radius 3 is 1.43 bits per heavy atom. The number of ether oxygens (including phenoxy) is 1. The van der Waals surface area contributed by atoms with E-state index in [9.17, 15) is 0 Å². The molecule has 0 heterocycles. The highest BCUT2D eigenvalue weighted by Crippen LogP contribution is 2.61. The van der Waals surface area contributed by atoms with Crippen LogP contribution in [-0.2, 0) is 34.8 Å². The van der Waals surface area contributed by atoms with E-state index in [-0.39, 0.29) is 5.41 Å². The van der Waals surface area contributed by atoms with Crippen molar-refractivity contribution in [1.29, 1.82) is 0 Å². The van der Waals surface area contributed by atoms with E-state index in [4.69, 9.17) is 6.42 Å². The Kier molecular flexibility index (Phi) is 12.1. The molecule has 0 spiro atoms. The summed E-state index contributed by atoms with van der Waals surface area (Å²) in [5.74, 6) is 6.76. The van der Waals surface area contributed by atoms with Crippen LogP contribution in [-0.4, -0.2) is 13.7 Å². The van der Waals surface area contributed by atoms with Crippen molar-refractivity contribution in [3.05, 3.63) is 130 Å². The second kappa shape index (κ2) is 16.2. The van der Waals surface area contributed by atoms with Crippen LogP contribution in [0.1, 0.15) is 127 Å². The van der Waals surface area contributed by atoms with E-state index >= 15 is 0 Å². The molecule has 0 unspecified atom stereocenters. The third-order valence-corrected chi connectivity index (χ3v) is 14.2. The van der Waals surface area contributed by atoms with Gasteiger partial charge in [0.2, 0.25) is 0 Å². The standard InChI is InChI=1S/C15H14.C12H20.2C11H14.C4H6O/c1-15(2)13-9-5-3-7-11(13)12-8-4-6-10-14(12)15;1-12(2)10-4-8-3-9(6-10)7-11(12)5-8;1-11(2)7-9-5-3-4-6-10(9)8-11;1-11(2)8-7-9-5-3-4-6-10(9)11;1-3-4-5-2/h3-10H,1-2H3;8-11H,3-7H2,1-2H3;2*3-6H,7-8H2,1-2H3;1H,4H2,2H3. The summed E-state index contributed by atoms with van der Waals surface area (Å²) in [5, 5.41) is 0. The normalized spacial score (nSPS) is 25.2. The van der Waals surface area contributed by atoms with Gasteiger partial charge in [0, 0.05) is 12.5 Å². The molecule has 4 aromatic rings. The molecule has 4 fully saturated rings. The van der Waals surface area contributed by atoms with Gasteiger partial charge in [0.1, 0.15) is 6.61 Å². The van der Waals surface area contributed by atoms with E-state index in [1.165, 1.54) is 47.9 Å². The smallest absolute Gasteiger partial charge is 0.107 e. The van der Waals surface area contributed by atoms with E-state index in [1.807, 2.05) is 0 Å². The monoisotopic (exact) mass is 721 g/mol. The first-order valence-corrected chi connectivity index (χ1v) is 20.9. The van der Waals surface area contributed by atoms with Crippen LogP contribution in [0.15, 0.2) is 97.1 Å². The molecule has 0 radical (unpaired) electrons. The van der Waals surface area contributed by atoms with Crippen molar-refractivity contribution < 1.29 is 4.74 Å². The van der Waals surface area contributed by atoms with Crippen LogP contribution in [0.2, 0.25) is 0 Å². The molecule has 286 valence electrons. The van der Waals surface area contributed by atoms with Crippen LogP contribution in [0, 0.1) is 46.8 Å². The Balaban J connectivity index is 0.000000119. The Morgan fingerprint density at radius 2 is 1.00 bits per heavy atom. The van der Waals surface area contributed by atoms with Gasteiger partial charge in [-0.3, -0.25) is 0 Å². The molecule has 1 nitrogen and oxygen atoms in total. The first-order chi connectivity index (χ1) is 25.7. The first kappa shape index (κ1) is 40.1. The van der Waals surface area contributed by atoms with Crippen LogP contribution in [0.4, 0.5) is 0 Å². The van der Waals surface area contributed by atoms with Gasteiger partial charge in [-0.25, -0.2) is 0 Å². The zero-order valence-electron chi connectivity index (χ0n) is 35.1. The summed E-state index contributed by atoms with van der Waals surface area (Å²) in [4.78, 5) is 0. The van der Waals surface area contributed by atoms with Crippen molar-refractivity contribution in [2.75, 3.05) is 13.7 Å². The van der Waals surface area contributed by atoms with Crippen LogP contribution in [0.25, 0.3) is 11.1 Å². The van der Waals surface area contributed by atoms with Crippen molar-refractivity contribution in [3.63, 3.8) is 0 Å². The minimum atomic E-state index is 0.160. The van der Waals surface area contributed by atoms with Gasteiger partial charge in [0.05, 0.1) is 0 Å². The van der Waals surface area contributed by atoms with Gasteiger partial charge in [0.25, 0.3) is 0 Å². The topological polar surface area (TPSA) is 9.23 Å². The Bertz CT molecular complexity index is 1810. The summed E-state index contributed by atoms with van der Waals surface area (Å²) in [6.45, 7) is 19.4. The lowest BCUT2D eigenvalue weighted by Crippen LogP contribution is -2.49. The second-order valence-corrected chi connectivity index (χ2v) is 19.8. The van der Waals surface area contributed by atoms with Gasteiger partial charge in [0.15, 0.2) is 0 Å². The highest BCUT2D eigenvalue weighted by molar-refractivity contribution is 5.80. The molecule has 54 heavy (non-hydrogen) atoms. The summed E-state index contributed by atoms with van der Waals surface area (Å²) in [6, 6.07) is 35.0. The molecule has 0 N–H and O–H groups in total. The fourth-order valence-electron chi connectivity index (χ4n) is 11.1. The average Bonchev–Trinajstić information content (AvgIpc) is 3.73. The van der Waals surface area contributed by atoms with Gasteiger partial charge >= 0.3 is 0 Å². The van der Waals surface area contributed by atoms with Crippen LogP contribution < -0.4 is 0 Å². The summed E-state index contributed by atoms with van der Waals surface area (Å²) in [5.41, 5.74) is 13.7. The third kappa shape index (κ3) is 8.61. The fourth-order valence-corrected chi connectivity index (χ4v) is 11.1. The summed E-state index contributed by atoms with van der Waals surface area (Å²) >= 11 is 0. The summed E-state index contributed by atoms with van der Waals surface area (Å²) in [6.07, 6.45) is 17.7. The van der Waals surface area contributed by atoms with E-state index < -0.39 is 0 Å². The number of aryl methyl sites for hydroxylation is 1. The third-order valence-electron chi connectivity index (χ3n) is 14.2. The number of hydrogen-bond acceptors (Lipinski definition) is 1. The number of rotatable bonds is 1. The Hall–Kier alpha value is -3.60. The maximum absolute atomic E-state index is 4.76. The Labute approximate surface area is 329 Å². The molecule has 0 amide bonds. The Morgan fingerprint density at radius 1 is 0.574 bits per heavy atom. The largest absolute Gasteiger partial charge is 0.372 e. The van der Waals surface area contributed by atoms with Gasteiger partial charge in [-0.05, 0) is 142 Å². The minimum absolute atomic E-state index is 0.160. The first-order valence-electron chi connectivity index (χ1n) is 20.9. The SMILES string of the molecule is C#CCOC.CC1(C)C2CC3CC(C2)CC1C3.CC1(C)CCc2ccccc21.CC1(C)Cc2ccccc2C1.CC1(C)c2ccccc2-c2ccccc21. The molecule has 11 rings (SSSR count). The molecule has 4 bridgehead atoms. The number of fused-ring (bicyclic) bond motifs is 5. The highest BCUT2D eigenvalue weighted by atomic mass is 16.5. The molecule has 4 aromatic carbocycles. The number of hydrogen-bond donors (Lipinski definition) is 0. The van der Waals surface area contributed by atoms with Crippen molar-refractivity contribution in [2.24, 2.45) is 34.5 Å². The van der Waals surface area contributed by atoms with Crippen molar-refractivity contribution in [1.82, 2.24) is 0 Å². The lowest BCUT2D eigenvalue weighted by molar-refractivity contribution is -0.0876. The van der Waals surface area contributed by atoms with E-state index in [0.717, 1.165) is 23.7 Å². The number of terminal acetylenes is 1. The van der Waals surface area contributed by atoms with E-state index in [1.54, 1.807) is 61.5 Å². The average molecular weight is 721 g/mol. The second-order valence-electron chi connectivity index (χ2n) is 19.8. The zero-order valence-corrected chi connectivity index (χ0v) is 35.1. The van der Waals surface area contributed by atoms with Gasteiger partial charge in [-0.15, -0.1) is 6.42 Å². The quantitative estimate of drug-likeness (QED) is 0.178. The molecule has 7 aliphatic carbocycles. The molecule has 0 atom stereocenters. The van der Waals surface area contributed by atoms with Crippen molar-refractivity contribution in [3.8, 4) is 23.5 Å². The summed E-state index contributed by atoms with van der Waals surface area (Å²) in [7, 11) is 1.57. The molecule has 4 saturated carbocycles. The minimum Gasteiger partial charge on any atom is -0.372 e. The number of methoxy groups -OCH3 is 1. The molecule has 0 aromatic heterocycles. The van der Waals surface area contributed by atoms with E-state index in [2.05, 4.69) is 163 Å². The lowest BCUT2D eigenvalue weighted by Gasteiger charge is -2.59. The van der Waals surface area contributed by atoms with Crippen LogP contribution >= 0.6 is 0 Å². The predicted molar refractivity (Wildman–Crippen MR) is 231 cm³/mol. The highest BCUT2D eigenvalue weighted by Gasteiger charge is 2.52. The van der Waals surface area contributed by atoms with Crippen LogP contribution in [0.5, 0.6) is 0 Å². The molecule has 0 aliphatic heterocycles. The lowest BCUT2D eigenvalue weighted by atomic mass is 9.46. The zero-order chi connectivity index (χ0) is 38.7.